The van der Waals surface area contributed by atoms with Crippen molar-refractivity contribution in [3.63, 3.8) is 0 Å². The van der Waals surface area contributed by atoms with Crippen LogP contribution in [0.1, 0.15) is 17.3 Å². The van der Waals surface area contributed by atoms with Crippen molar-refractivity contribution in [2.24, 2.45) is 0 Å². The monoisotopic (exact) mass is 448 g/mol. The quantitative estimate of drug-likeness (QED) is 0.196. The number of anilines is 1. The Labute approximate surface area is 185 Å². The number of non-ortho nitro benzene ring substituents is 1. The van der Waals surface area contributed by atoms with Gasteiger partial charge < -0.3 is 5.32 Å². The van der Waals surface area contributed by atoms with E-state index in [0.29, 0.717) is 33.3 Å². The average Bonchev–Trinajstić information content (AvgIpc) is 3.20. The molecule has 0 bridgehead atoms. The molecule has 160 valence electrons. The number of amides is 1. The van der Waals surface area contributed by atoms with Gasteiger partial charge in [-0.2, -0.15) is 9.61 Å². The molecule has 2 aromatic heterocycles. The van der Waals surface area contributed by atoms with E-state index in [1.165, 1.54) is 23.6 Å². The Morgan fingerprint density at radius 1 is 1.09 bits per heavy atom. The van der Waals surface area contributed by atoms with Crippen molar-refractivity contribution in [3.8, 4) is 11.3 Å². The molecule has 10 nitrogen and oxygen atoms in total. The van der Waals surface area contributed by atoms with Gasteiger partial charge in [0, 0.05) is 28.9 Å². The van der Waals surface area contributed by atoms with Crippen LogP contribution in [-0.4, -0.2) is 42.2 Å². The van der Waals surface area contributed by atoms with Crippen LogP contribution in [0.5, 0.6) is 0 Å². The lowest BCUT2D eigenvalue weighted by molar-refractivity contribution is -0.384. The van der Waals surface area contributed by atoms with E-state index in [1.807, 2.05) is 0 Å². The number of Topliss-reactive ketones (excluding diaryl/α,β-unsaturated/α-hetero) is 1. The SMILES string of the molecule is CC(=O)c1ccc(NC(=O)CSc2nnc3ccc(-c4cccc([N+](=O)[O-])c4)nn23)cc1. The largest absolute Gasteiger partial charge is 0.325 e. The Hall–Kier alpha value is -4.12. The number of nitro groups is 1. The summed E-state index contributed by atoms with van der Waals surface area (Å²) in [5, 5.41) is 26.8. The second-order valence-electron chi connectivity index (χ2n) is 6.75. The highest BCUT2D eigenvalue weighted by Crippen LogP contribution is 2.24. The number of ketones is 1. The predicted molar refractivity (Wildman–Crippen MR) is 119 cm³/mol. The molecular weight excluding hydrogens is 432 g/mol. The molecule has 1 amide bonds. The predicted octanol–water partition coefficient (Wildman–Crippen LogP) is 3.63. The van der Waals surface area contributed by atoms with Gasteiger partial charge in [-0.05, 0) is 43.3 Å². The molecular formula is C21H16N6O4S. The Kier molecular flexibility index (Phi) is 5.90. The molecule has 2 heterocycles. The van der Waals surface area contributed by atoms with Gasteiger partial charge in [0.15, 0.2) is 11.4 Å². The smallest absolute Gasteiger partial charge is 0.270 e. The highest BCUT2D eigenvalue weighted by Gasteiger charge is 2.13. The number of hydrogen-bond donors (Lipinski definition) is 1. The molecule has 0 aliphatic carbocycles. The molecule has 0 saturated carbocycles. The van der Waals surface area contributed by atoms with Crippen molar-refractivity contribution in [2.75, 3.05) is 11.1 Å². The summed E-state index contributed by atoms with van der Waals surface area (Å²) >= 11 is 1.16. The third-order valence-electron chi connectivity index (χ3n) is 4.49. The fraction of sp³-hybridized carbons (Fsp3) is 0.0952. The summed E-state index contributed by atoms with van der Waals surface area (Å²) in [6.07, 6.45) is 0. The van der Waals surface area contributed by atoms with Gasteiger partial charge in [0.05, 0.1) is 16.4 Å². The van der Waals surface area contributed by atoms with E-state index >= 15 is 0 Å². The van der Waals surface area contributed by atoms with Crippen LogP contribution in [0.4, 0.5) is 11.4 Å². The lowest BCUT2D eigenvalue weighted by atomic mass is 10.1. The summed E-state index contributed by atoms with van der Waals surface area (Å²) in [7, 11) is 0. The molecule has 0 unspecified atom stereocenters. The Morgan fingerprint density at radius 3 is 2.59 bits per heavy atom. The summed E-state index contributed by atoms with van der Waals surface area (Å²) < 4.78 is 1.49. The van der Waals surface area contributed by atoms with E-state index < -0.39 is 4.92 Å². The number of hydrogen-bond acceptors (Lipinski definition) is 8. The first-order valence-corrected chi connectivity index (χ1v) is 10.4. The van der Waals surface area contributed by atoms with Crippen LogP contribution in [-0.2, 0) is 4.79 Å². The van der Waals surface area contributed by atoms with Gasteiger partial charge in [-0.25, -0.2) is 0 Å². The molecule has 4 rings (SSSR count). The molecule has 1 N–H and O–H groups in total. The molecule has 32 heavy (non-hydrogen) atoms. The van der Waals surface area contributed by atoms with Gasteiger partial charge in [0.25, 0.3) is 5.69 Å². The van der Waals surface area contributed by atoms with Gasteiger partial charge in [-0.3, -0.25) is 19.7 Å². The number of nitro benzene ring substituents is 1. The minimum atomic E-state index is -0.464. The number of nitrogens with one attached hydrogen (secondary N) is 1. The van der Waals surface area contributed by atoms with E-state index in [0.717, 1.165) is 11.8 Å². The lowest BCUT2D eigenvalue weighted by Gasteiger charge is -2.06. The maximum atomic E-state index is 12.3. The molecule has 0 spiro atoms. The third kappa shape index (κ3) is 4.62. The molecule has 0 aliphatic heterocycles. The molecule has 0 aliphatic rings. The summed E-state index contributed by atoms with van der Waals surface area (Å²) in [6.45, 7) is 1.48. The van der Waals surface area contributed by atoms with Gasteiger partial charge in [-0.15, -0.1) is 10.2 Å². The number of aromatic nitrogens is 4. The normalized spacial score (nSPS) is 10.8. The van der Waals surface area contributed by atoms with Gasteiger partial charge in [-0.1, -0.05) is 23.9 Å². The van der Waals surface area contributed by atoms with Crippen LogP contribution in [0.2, 0.25) is 0 Å². The van der Waals surface area contributed by atoms with Crippen LogP contribution >= 0.6 is 11.8 Å². The Morgan fingerprint density at radius 2 is 1.88 bits per heavy atom. The summed E-state index contributed by atoms with van der Waals surface area (Å²) in [5.74, 6) is -0.232. The van der Waals surface area contributed by atoms with Crippen LogP contribution in [0.15, 0.2) is 65.8 Å². The van der Waals surface area contributed by atoms with Crippen molar-refractivity contribution < 1.29 is 14.5 Å². The van der Waals surface area contributed by atoms with Crippen molar-refractivity contribution in [1.82, 2.24) is 19.8 Å². The van der Waals surface area contributed by atoms with Gasteiger partial charge in [0.2, 0.25) is 11.1 Å². The standard InChI is InChI=1S/C21H16N6O4S/c1-13(28)14-5-7-16(8-6-14)22-20(29)12-32-21-24-23-19-10-9-18(25-26(19)21)15-3-2-4-17(11-15)27(30)31/h2-11H,12H2,1H3,(H,22,29). The zero-order valence-electron chi connectivity index (χ0n) is 16.8. The summed E-state index contributed by atoms with van der Waals surface area (Å²) in [6, 6.07) is 16.2. The number of rotatable bonds is 7. The third-order valence-corrected chi connectivity index (χ3v) is 5.41. The van der Waals surface area contributed by atoms with Crippen molar-refractivity contribution in [1.29, 1.82) is 0 Å². The first-order chi connectivity index (χ1) is 15.4. The minimum absolute atomic E-state index is 0.0317. The molecule has 0 fully saturated rings. The molecule has 11 heteroatoms. The molecule has 0 radical (unpaired) electrons. The van der Waals surface area contributed by atoms with Crippen LogP contribution in [0.25, 0.3) is 16.9 Å². The first-order valence-electron chi connectivity index (χ1n) is 9.41. The topological polar surface area (TPSA) is 132 Å². The maximum absolute atomic E-state index is 12.3. The molecule has 4 aromatic rings. The second-order valence-corrected chi connectivity index (χ2v) is 7.69. The zero-order valence-corrected chi connectivity index (χ0v) is 17.6. The number of thioether (sulfide) groups is 1. The molecule has 0 atom stereocenters. The minimum Gasteiger partial charge on any atom is -0.325 e. The maximum Gasteiger partial charge on any atom is 0.270 e. The van der Waals surface area contributed by atoms with E-state index in [-0.39, 0.29) is 23.1 Å². The number of nitrogens with zero attached hydrogens (tertiary/aromatic N) is 5. The van der Waals surface area contributed by atoms with Crippen molar-refractivity contribution >= 4 is 40.5 Å². The number of carbonyl (C=O) groups excluding carboxylic acids is 2. The van der Waals surface area contributed by atoms with Crippen molar-refractivity contribution in [3.05, 3.63) is 76.3 Å². The second kappa shape index (κ2) is 8.94. The van der Waals surface area contributed by atoms with E-state index in [1.54, 1.807) is 48.5 Å². The zero-order chi connectivity index (χ0) is 22.7. The van der Waals surface area contributed by atoms with E-state index in [2.05, 4.69) is 20.6 Å². The van der Waals surface area contributed by atoms with Crippen molar-refractivity contribution in [2.45, 2.75) is 12.1 Å². The van der Waals surface area contributed by atoms with E-state index in [9.17, 15) is 19.7 Å². The van der Waals surface area contributed by atoms with Gasteiger partial charge in [0.1, 0.15) is 0 Å². The fourth-order valence-corrected chi connectivity index (χ4v) is 3.59. The summed E-state index contributed by atoms with van der Waals surface area (Å²) in [4.78, 5) is 34.2. The first kappa shape index (κ1) is 21.1. The highest BCUT2D eigenvalue weighted by atomic mass is 32.2. The summed E-state index contributed by atoms with van der Waals surface area (Å²) in [5.41, 5.74) is 2.70. The lowest BCUT2D eigenvalue weighted by Crippen LogP contribution is -2.14. The molecule has 0 saturated heterocycles. The number of fused-ring (bicyclic) bond motifs is 1. The van der Waals surface area contributed by atoms with Crippen LogP contribution < -0.4 is 5.32 Å². The Balaban J connectivity index is 1.48. The van der Waals surface area contributed by atoms with E-state index in [4.69, 9.17) is 0 Å². The van der Waals surface area contributed by atoms with Gasteiger partial charge >= 0.3 is 0 Å². The number of benzene rings is 2. The average molecular weight is 448 g/mol. The fourth-order valence-electron chi connectivity index (χ4n) is 2.91. The Bertz CT molecular complexity index is 1340. The molecule has 2 aromatic carbocycles. The van der Waals surface area contributed by atoms with Crippen LogP contribution in [0.3, 0.4) is 0 Å². The number of carbonyl (C=O) groups is 2. The van der Waals surface area contributed by atoms with Crippen LogP contribution in [0, 0.1) is 10.1 Å². The highest BCUT2D eigenvalue weighted by molar-refractivity contribution is 7.99.